The first-order chi connectivity index (χ1) is 10.5. The van der Waals surface area contributed by atoms with Crippen molar-refractivity contribution in [3.8, 4) is 12.0 Å². The first kappa shape index (κ1) is 14.4. The first-order valence-electron chi connectivity index (χ1n) is 6.49. The van der Waals surface area contributed by atoms with E-state index in [4.69, 9.17) is 14.9 Å². The molecule has 3 rings (SSSR count). The van der Waals surface area contributed by atoms with E-state index in [-0.39, 0.29) is 22.8 Å². The fourth-order valence-corrected chi connectivity index (χ4v) is 2.74. The summed E-state index contributed by atoms with van der Waals surface area (Å²) < 4.78 is 11.7. The number of rotatable bonds is 1. The Morgan fingerprint density at radius 1 is 1.32 bits per heavy atom. The Hall–Kier alpha value is -2.52. The second-order valence-electron chi connectivity index (χ2n) is 4.90. The van der Waals surface area contributed by atoms with Gasteiger partial charge in [0.25, 0.3) is 5.95 Å². The molecule has 0 aliphatic carbocycles. The van der Waals surface area contributed by atoms with Crippen molar-refractivity contribution < 1.29 is 9.15 Å². The van der Waals surface area contributed by atoms with E-state index in [1.165, 1.54) is 6.07 Å². The van der Waals surface area contributed by atoms with Gasteiger partial charge in [-0.25, -0.2) is 0 Å². The summed E-state index contributed by atoms with van der Waals surface area (Å²) in [5.74, 6) is -0.170. The third-order valence-corrected chi connectivity index (χ3v) is 3.97. The molecule has 0 bridgehead atoms. The van der Waals surface area contributed by atoms with Crippen molar-refractivity contribution in [2.75, 3.05) is 0 Å². The first-order valence-corrected chi connectivity index (χ1v) is 7.28. The molecule has 2 N–H and O–H groups in total. The highest BCUT2D eigenvalue weighted by atomic mass is 79.9. The average Bonchev–Trinajstić information content (AvgIpc) is 2.46. The molecular weight excluding hydrogens is 348 g/mol. The quantitative estimate of drug-likeness (QED) is 0.846. The average molecular weight is 359 g/mol. The lowest BCUT2D eigenvalue weighted by Gasteiger charge is -2.24. The Bertz CT molecular complexity index is 876. The molecule has 6 heteroatoms. The number of hydrogen-bond donors (Lipinski definition) is 1. The van der Waals surface area contributed by atoms with E-state index in [2.05, 4.69) is 15.9 Å². The number of nitriles is 1. The van der Waals surface area contributed by atoms with Gasteiger partial charge in [0, 0.05) is 10.5 Å². The summed E-state index contributed by atoms with van der Waals surface area (Å²) in [6.45, 7) is 1.65. The summed E-state index contributed by atoms with van der Waals surface area (Å²) in [5.41, 5.74) is 6.84. The van der Waals surface area contributed by atoms with Crippen LogP contribution in [0, 0.1) is 18.3 Å². The van der Waals surface area contributed by atoms with Gasteiger partial charge in [0.1, 0.15) is 17.4 Å². The molecule has 0 saturated carbocycles. The summed E-state index contributed by atoms with van der Waals surface area (Å²) in [7, 11) is 0. The summed E-state index contributed by atoms with van der Waals surface area (Å²) in [5, 5.41) is 9.41. The topological polar surface area (TPSA) is 89.2 Å². The summed E-state index contributed by atoms with van der Waals surface area (Å²) in [6, 6.07) is 10.7. The molecule has 22 heavy (non-hydrogen) atoms. The number of allylic oxidation sites excluding steroid dienone is 1. The smallest absolute Gasteiger partial charge is 0.299 e. The van der Waals surface area contributed by atoms with Crippen LogP contribution in [-0.2, 0) is 0 Å². The summed E-state index contributed by atoms with van der Waals surface area (Å²) >= 11 is 3.36. The van der Waals surface area contributed by atoms with Gasteiger partial charge in [-0.3, -0.25) is 4.79 Å². The van der Waals surface area contributed by atoms with Crippen LogP contribution in [0.4, 0.5) is 0 Å². The molecule has 110 valence electrons. The molecule has 0 spiro atoms. The Balaban J connectivity index is 2.29. The molecule has 0 unspecified atom stereocenters. The minimum Gasteiger partial charge on any atom is -0.430 e. The van der Waals surface area contributed by atoms with Crippen LogP contribution in [0.1, 0.15) is 22.8 Å². The van der Waals surface area contributed by atoms with E-state index in [1.807, 2.05) is 30.3 Å². The molecule has 2 aromatic rings. The highest BCUT2D eigenvalue weighted by molar-refractivity contribution is 9.10. The zero-order valence-corrected chi connectivity index (χ0v) is 13.2. The minimum atomic E-state index is -0.598. The fraction of sp³-hybridized carbons (Fsp3) is 0.125. The molecule has 5 nitrogen and oxygen atoms in total. The van der Waals surface area contributed by atoms with Gasteiger partial charge in [-0.05, 0) is 24.6 Å². The number of ether oxygens (including phenoxy) is 1. The van der Waals surface area contributed by atoms with Gasteiger partial charge >= 0.3 is 0 Å². The van der Waals surface area contributed by atoms with Crippen molar-refractivity contribution in [2.24, 2.45) is 5.73 Å². The van der Waals surface area contributed by atoms with Crippen LogP contribution in [0.5, 0.6) is 5.95 Å². The van der Waals surface area contributed by atoms with Gasteiger partial charge in [0.05, 0.1) is 11.5 Å². The van der Waals surface area contributed by atoms with Gasteiger partial charge in [0.15, 0.2) is 5.43 Å². The Labute approximate surface area is 134 Å². The van der Waals surface area contributed by atoms with E-state index in [9.17, 15) is 10.1 Å². The maximum Gasteiger partial charge on any atom is 0.299 e. The lowest BCUT2D eigenvalue weighted by atomic mass is 9.85. The molecule has 1 aromatic carbocycles. The number of fused-ring (bicyclic) bond motifs is 1. The maximum atomic E-state index is 12.4. The van der Waals surface area contributed by atoms with E-state index in [1.54, 1.807) is 6.92 Å². The van der Waals surface area contributed by atoms with E-state index >= 15 is 0 Å². The monoisotopic (exact) mass is 358 g/mol. The largest absolute Gasteiger partial charge is 0.430 e. The van der Waals surface area contributed by atoms with Crippen molar-refractivity contribution in [3.63, 3.8) is 0 Å². The molecule has 1 atom stereocenters. The van der Waals surface area contributed by atoms with Crippen molar-refractivity contribution in [2.45, 2.75) is 12.8 Å². The number of hydrogen-bond acceptors (Lipinski definition) is 5. The molecule has 2 heterocycles. The van der Waals surface area contributed by atoms with Gasteiger partial charge < -0.3 is 14.9 Å². The normalized spacial score (nSPS) is 16.7. The molecule has 0 amide bonds. The van der Waals surface area contributed by atoms with Gasteiger partial charge in [-0.15, -0.1) is 0 Å². The second kappa shape index (κ2) is 5.35. The Kier molecular flexibility index (Phi) is 3.51. The summed E-state index contributed by atoms with van der Waals surface area (Å²) in [4.78, 5) is 12.4. The fourth-order valence-electron chi connectivity index (χ4n) is 2.48. The molecule has 0 radical (unpaired) electrons. The number of nitrogens with two attached hydrogens (primary N) is 1. The zero-order chi connectivity index (χ0) is 15.9. The standard InChI is InChI=1S/C16H11BrN2O3/c1-8-6-12(20)14-13(9-2-4-10(17)5-3-9)11(7-18)15(19)22-16(14)21-8/h2-6,13H,19H2,1H3/t13-/m0/s1. The van der Waals surface area contributed by atoms with Gasteiger partial charge in [-0.1, -0.05) is 28.1 Å². The molecule has 1 aliphatic rings. The molecule has 0 fully saturated rings. The third kappa shape index (κ3) is 2.30. The van der Waals surface area contributed by atoms with Crippen LogP contribution in [-0.4, -0.2) is 0 Å². The predicted molar refractivity (Wildman–Crippen MR) is 83.2 cm³/mol. The SMILES string of the molecule is Cc1cc(=O)c2c(o1)OC(N)=C(C#N)[C@@H]2c1ccc(Br)cc1. The summed E-state index contributed by atoms with van der Waals surface area (Å²) in [6.07, 6.45) is 0. The van der Waals surface area contributed by atoms with Crippen LogP contribution in [0.25, 0.3) is 0 Å². The lowest BCUT2D eigenvalue weighted by Crippen LogP contribution is -2.26. The van der Waals surface area contributed by atoms with Crippen molar-refractivity contribution >= 4 is 15.9 Å². The third-order valence-electron chi connectivity index (χ3n) is 3.44. The highest BCUT2D eigenvalue weighted by Gasteiger charge is 2.34. The Morgan fingerprint density at radius 2 is 2.00 bits per heavy atom. The van der Waals surface area contributed by atoms with Gasteiger partial charge in [-0.2, -0.15) is 5.26 Å². The second-order valence-corrected chi connectivity index (χ2v) is 5.81. The highest BCUT2D eigenvalue weighted by Crippen LogP contribution is 2.40. The molecule has 0 saturated heterocycles. The van der Waals surface area contributed by atoms with Crippen molar-refractivity contribution in [1.29, 1.82) is 5.26 Å². The number of aryl methyl sites for hydroxylation is 1. The van der Waals surface area contributed by atoms with Crippen LogP contribution in [0.15, 0.2) is 55.5 Å². The molecular formula is C16H11BrN2O3. The van der Waals surface area contributed by atoms with Crippen LogP contribution in [0.2, 0.25) is 0 Å². The predicted octanol–water partition coefficient (Wildman–Crippen LogP) is 2.93. The number of benzene rings is 1. The molecule has 1 aromatic heterocycles. The van der Waals surface area contributed by atoms with Crippen molar-refractivity contribution in [3.05, 3.63) is 73.4 Å². The number of halogens is 1. The molecule has 1 aliphatic heterocycles. The Morgan fingerprint density at radius 3 is 2.64 bits per heavy atom. The lowest BCUT2D eigenvalue weighted by molar-refractivity contribution is 0.275. The number of nitrogens with zero attached hydrogens (tertiary/aromatic N) is 1. The van der Waals surface area contributed by atoms with E-state index in [0.717, 1.165) is 10.0 Å². The minimum absolute atomic E-state index is 0.0448. The van der Waals surface area contributed by atoms with Crippen molar-refractivity contribution in [1.82, 2.24) is 0 Å². The van der Waals surface area contributed by atoms with E-state index in [0.29, 0.717) is 11.3 Å². The van der Waals surface area contributed by atoms with Crippen LogP contribution >= 0.6 is 15.9 Å². The zero-order valence-electron chi connectivity index (χ0n) is 11.6. The maximum absolute atomic E-state index is 12.4. The van der Waals surface area contributed by atoms with Crippen LogP contribution < -0.4 is 15.9 Å². The van der Waals surface area contributed by atoms with Gasteiger partial charge in [0.2, 0.25) is 5.88 Å². The van der Waals surface area contributed by atoms with Crippen LogP contribution in [0.3, 0.4) is 0 Å². The van der Waals surface area contributed by atoms with E-state index < -0.39 is 5.92 Å².